The Labute approximate surface area is 237 Å². The molecule has 0 radical (unpaired) electrons. The topological polar surface area (TPSA) is 40.8 Å². The molecule has 0 N–H and O–H groups in total. The van der Waals surface area contributed by atoms with Crippen LogP contribution < -0.4 is 4.57 Å². The fourth-order valence-corrected chi connectivity index (χ4v) is 6.37. The van der Waals surface area contributed by atoms with Crippen molar-refractivity contribution < 1.29 is 17.5 Å². The number of nitriles is 1. The van der Waals surface area contributed by atoms with Crippen LogP contribution in [0.2, 0.25) is 0 Å². The second-order valence-electron chi connectivity index (χ2n) is 11.2. The number of halogens is 1. The van der Waals surface area contributed by atoms with Gasteiger partial charge in [0.05, 0.1) is 17.2 Å². The molecule has 0 aliphatic heterocycles. The first-order valence-corrected chi connectivity index (χ1v) is 13.2. The molecule has 6 aromatic rings. The summed E-state index contributed by atoms with van der Waals surface area (Å²) in [6, 6.07) is 26.2. The van der Waals surface area contributed by atoms with Gasteiger partial charge in [0.15, 0.2) is 5.82 Å². The molecule has 0 bridgehead atoms. The van der Waals surface area contributed by atoms with E-state index in [2.05, 4.69) is 62.4 Å². The van der Waals surface area contributed by atoms with Gasteiger partial charge in [-0.15, -0.1) is 0 Å². The third kappa shape index (κ3) is 3.31. The minimum absolute atomic E-state index is 0.191. The van der Waals surface area contributed by atoms with Gasteiger partial charge in [0, 0.05) is 31.9 Å². The Balaban J connectivity index is 1.51. The van der Waals surface area contributed by atoms with Crippen LogP contribution in [-0.2, 0) is 12.5 Å². The van der Waals surface area contributed by atoms with Gasteiger partial charge < -0.3 is 4.42 Å². The number of pyridine rings is 1. The van der Waals surface area contributed by atoms with E-state index in [0.717, 1.165) is 27.5 Å². The molecule has 0 atom stereocenters. The number of nitrogens with zero attached hydrogens (tertiary/aromatic N) is 2. The highest BCUT2D eigenvalue weighted by Crippen LogP contribution is 2.50. The molecule has 0 fully saturated rings. The van der Waals surface area contributed by atoms with Crippen molar-refractivity contribution in [2.75, 3.05) is 0 Å². The number of fused-ring (bicyclic) bond motifs is 6. The van der Waals surface area contributed by atoms with Gasteiger partial charge in [-0.25, -0.2) is 4.39 Å². The van der Waals surface area contributed by atoms with Crippen molar-refractivity contribution in [2.45, 2.75) is 33.0 Å². The summed E-state index contributed by atoms with van der Waals surface area (Å²) in [6.45, 7) is 3.77. The Morgan fingerprint density at radius 1 is 0.875 bits per heavy atom. The van der Waals surface area contributed by atoms with Gasteiger partial charge >= 0.3 is 0 Å². The monoisotopic (exact) mass is 526 g/mol. The summed E-state index contributed by atoms with van der Waals surface area (Å²) in [5.74, 6) is -0.789. The van der Waals surface area contributed by atoms with Gasteiger partial charge in [0.25, 0.3) is 0 Å². The Kier molecular flexibility index (Phi) is 4.42. The molecule has 2 aromatic heterocycles. The number of rotatable bonds is 2. The lowest BCUT2D eigenvalue weighted by Crippen LogP contribution is -2.31. The number of hydrogen-bond donors (Lipinski definition) is 0. The predicted octanol–water partition coefficient (Wildman–Crippen LogP) is 8.68. The average molecular weight is 527 g/mol. The van der Waals surface area contributed by atoms with Crippen molar-refractivity contribution in [2.24, 2.45) is 7.05 Å². The smallest absolute Gasteiger partial charge is 0.216 e. The summed E-state index contributed by atoms with van der Waals surface area (Å²) in [6.07, 6.45) is 1.20. The molecular formula is C36H28FN2O+. The van der Waals surface area contributed by atoms with Gasteiger partial charge in [-0.05, 0) is 70.9 Å². The summed E-state index contributed by atoms with van der Waals surface area (Å²) in [5, 5.41) is 11.6. The molecule has 194 valence electrons. The first kappa shape index (κ1) is 21.1. The van der Waals surface area contributed by atoms with Crippen LogP contribution >= 0.6 is 0 Å². The van der Waals surface area contributed by atoms with Crippen LogP contribution in [0.1, 0.15) is 45.8 Å². The Morgan fingerprint density at radius 2 is 1.68 bits per heavy atom. The van der Waals surface area contributed by atoms with E-state index in [1.54, 1.807) is 11.6 Å². The standard InChI is InChI=1S/C36H28FN2O/c1-20-10-12-26-28-16-22(18-38)15-27(34(28)40-35(26)33(20)32-14-21(2)31(37)19-39(32)5)23-11-13-25-24-8-6-7-9-29(24)36(3,4)30(25)17-23/h6-17,19H,1-5H3/q+1/i2D3. The lowest BCUT2D eigenvalue weighted by molar-refractivity contribution is -0.662. The Hall–Kier alpha value is -4.75. The van der Waals surface area contributed by atoms with Crippen LogP contribution in [0.15, 0.2) is 83.4 Å². The normalized spacial score (nSPS) is 14.8. The predicted molar refractivity (Wildman–Crippen MR) is 157 cm³/mol. The van der Waals surface area contributed by atoms with Crippen LogP contribution in [0.5, 0.6) is 0 Å². The maximum Gasteiger partial charge on any atom is 0.216 e. The van der Waals surface area contributed by atoms with Gasteiger partial charge in [0.2, 0.25) is 11.9 Å². The summed E-state index contributed by atoms with van der Waals surface area (Å²) in [5.41, 5.74) is 9.88. The zero-order chi connectivity index (χ0) is 30.4. The maximum absolute atomic E-state index is 14.7. The summed E-state index contributed by atoms with van der Waals surface area (Å²) in [4.78, 5) is 0. The van der Waals surface area contributed by atoms with Crippen molar-refractivity contribution in [1.29, 1.82) is 5.26 Å². The fraction of sp³-hybridized carbons (Fsp3) is 0.167. The van der Waals surface area contributed by atoms with E-state index in [1.807, 2.05) is 31.2 Å². The van der Waals surface area contributed by atoms with Crippen LogP contribution in [0, 0.1) is 30.9 Å². The van der Waals surface area contributed by atoms with Gasteiger partial charge in [0.1, 0.15) is 18.2 Å². The highest BCUT2D eigenvalue weighted by Gasteiger charge is 2.35. The van der Waals surface area contributed by atoms with Crippen LogP contribution in [-0.4, -0.2) is 0 Å². The van der Waals surface area contributed by atoms with Crippen molar-refractivity contribution in [3.63, 3.8) is 0 Å². The minimum Gasteiger partial charge on any atom is -0.454 e. The lowest BCUT2D eigenvalue weighted by atomic mass is 9.81. The molecule has 0 saturated heterocycles. The highest BCUT2D eigenvalue weighted by molar-refractivity contribution is 6.13. The van der Waals surface area contributed by atoms with Gasteiger partial charge in [-0.2, -0.15) is 9.83 Å². The van der Waals surface area contributed by atoms with E-state index in [9.17, 15) is 9.65 Å². The summed E-state index contributed by atoms with van der Waals surface area (Å²) >= 11 is 0. The SMILES string of the molecule is [2H]C([2H])([2H])c1cc(-c2c(C)ccc3c2oc2c(-c4ccc5c(c4)C(C)(C)c4ccccc4-5)cc(C#N)cc23)[n+](C)cc1F. The zero-order valence-corrected chi connectivity index (χ0v) is 22.7. The molecule has 40 heavy (non-hydrogen) atoms. The molecule has 2 heterocycles. The molecule has 0 unspecified atom stereocenters. The molecule has 3 nitrogen and oxygen atoms in total. The van der Waals surface area contributed by atoms with Crippen LogP contribution in [0.3, 0.4) is 0 Å². The Bertz CT molecular complexity index is 2200. The summed E-state index contributed by atoms with van der Waals surface area (Å²) < 4.78 is 46.6. The van der Waals surface area contributed by atoms with E-state index < -0.39 is 12.7 Å². The third-order valence-electron chi connectivity index (χ3n) is 8.45. The lowest BCUT2D eigenvalue weighted by Gasteiger charge is -2.22. The number of hydrogen-bond acceptors (Lipinski definition) is 2. The van der Waals surface area contributed by atoms with Crippen molar-refractivity contribution in [3.8, 4) is 39.6 Å². The van der Waals surface area contributed by atoms with E-state index >= 15 is 0 Å². The van der Waals surface area contributed by atoms with Crippen LogP contribution in [0.25, 0.3) is 55.4 Å². The Morgan fingerprint density at radius 3 is 2.48 bits per heavy atom. The van der Waals surface area contributed by atoms with E-state index in [4.69, 9.17) is 8.53 Å². The quantitative estimate of drug-likeness (QED) is 0.212. The van der Waals surface area contributed by atoms with E-state index in [0.29, 0.717) is 28.0 Å². The average Bonchev–Trinajstić information content (AvgIpc) is 3.44. The van der Waals surface area contributed by atoms with Crippen LogP contribution in [0.4, 0.5) is 4.39 Å². The second kappa shape index (κ2) is 8.37. The largest absolute Gasteiger partial charge is 0.454 e. The van der Waals surface area contributed by atoms with E-state index in [-0.39, 0.29) is 11.0 Å². The fourth-order valence-electron chi connectivity index (χ4n) is 6.37. The molecule has 1 aliphatic rings. The molecule has 7 rings (SSSR count). The van der Waals surface area contributed by atoms with Crippen molar-refractivity contribution in [3.05, 3.63) is 113 Å². The van der Waals surface area contributed by atoms with Crippen molar-refractivity contribution >= 4 is 21.9 Å². The molecule has 0 spiro atoms. The number of benzene rings is 4. The third-order valence-corrected chi connectivity index (χ3v) is 8.45. The van der Waals surface area contributed by atoms with Gasteiger partial charge in [-0.3, -0.25) is 0 Å². The first-order chi connectivity index (χ1) is 20.4. The minimum atomic E-state index is -2.61. The number of aryl methyl sites for hydroxylation is 3. The molecule has 0 amide bonds. The molecular weight excluding hydrogens is 495 g/mol. The summed E-state index contributed by atoms with van der Waals surface area (Å²) in [7, 11) is 1.69. The first-order valence-electron chi connectivity index (χ1n) is 14.7. The molecule has 4 heteroatoms. The van der Waals surface area contributed by atoms with E-state index in [1.165, 1.54) is 34.5 Å². The zero-order valence-electron chi connectivity index (χ0n) is 25.7. The number of furan rings is 1. The second-order valence-corrected chi connectivity index (χ2v) is 11.2. The maximum atomic E-state index is 14.7. The number of aromatic nitrogens is 1. The molecule has 4 aromatic carbocycles. The molecule has 0 saturated carbocycles. The van der Waals surface area contributed by atoms with Gasteiger partial charge in [-0.1, -0.05) is 62.4 Å². The van der Waals surface area contributed by atoms with Crippen molar-refractivity contribution in [1.82, 2.24) is 0 Å². The highest BCUT2D eigenvalue weighted by atomic mass is 19.1. The molecule has 1 aliphatic carbocycles.